The quantitative estimate of drug-likeness (QED) is 0.890. The number of nitrogens with one attached hydrogen (secondary N) is 1. The molecule has 1 unspecified atom stereocenters. The zero-order chi connectivity index (χ0) is 15.2. The van der Waals surface area contributed by atoms with Crippen LogP contribution in [0.4, 0.5) is 8.78 Å². The number of carbonyl (C=O) groups is 1. The van der Waals surface area contributed by atoms with Gasteiger partial charge in [-0.25, -0.2) is 8.78 Å². The van der Waals surface area contributed by atoms with Crippen molar-refractivity contribution < 1.29 is 18.7 Å². The molecule has 0 aliphatic rings. The Hall–Kier alpha value is -2.27. The van der Waals surface area contributed by atoms with Gasteiger partial charge in [0.1, 0.15) is 11.6 Å². The largest absolute Gasteiger partial charge is 0.388 e. The normalized spacial score (nSPS) is 12.0. The smallest absolute Gasteiger partial charge is 0.254 e. The van der Waals surface area contributed by atoms with Crippen LogP contribution in [0.2, 0.25) is 0 Å². The first-order valence-corrected chi connectivity index (χ1v) is 6.54. The van der Waals surface area contributed by atoms with Crippen LogP contribution in [-0.2, 0) is 0 Å². The van der Waals surface area contributed by atoms with Crippen LogP contribution < -0.4 is 5.32 Å². The molecule has 0 aliphatic heterocycles. The fraction of sp³-hybridized carbons (Fsp3) is 0.188. The molecule has 0 saturated carbocycles. The van der Waals surface area contributed by atoms with Gasteiger partial charge in [0.25, 0.3) is 5.91 Å². The highest BCUT2D eigenvalue weighted by molar-refractivity contribution is 5.94. The summed E-state index contributed by atoms with van der Waals surface area (Å²) in [6.07, 6.45) is -0.434. The van der Waals surface area contributed by atoms with Crippen LogP contribution in [0.5, 0.6) is 0 Å². The van der Waals surface area contributed by atoms with Crippen LogP contribution >= 0.6 is 0 Å². The van der Waals surface area contributed by atoms with E-state index >= 15 is 0 Å². The summed E-state index contributed by atoms with van der Waals surface area (Å²) in [5, 5.41) is 12.4. The highest BCUT2D eigenvalue weighted by Gasteiger charge is 2.13. The Morgan fingerprint density at radius 1 is 1.14 bits per heavy atom. The standard InChI is InChI=1S/C16H15F2NO2/c17-12-6-7-14(18)13(10-12)16(21)19-9-8-15(20)11-4-2-1-3-5-11/h1-7,10,15,20H,8-9H2,(H,19,21). The van der Waals surface area contributed by atoms with Crippen LogP contribution in [-0.4, -0.2) is 17.6 Å². The van der Waals surface area contributed by atoms with Crippen LogP contribution in [0.15, 0.2) is 48.5 Å². The minimum Gasteiger partial charge on any atom is -0.388 e. The van der Waals surface area contributed by atoms with Crippen molar-refractivity contribution in [2.24, 2.45) is 0 Å². The number of carbonyl (C=O) groups excluding carboxylic acids is 1. The van der Waals surface area contributed by atoms with E-state index in [9.17, 15) is 18.7 Å². The molecule has 0 fully saturated rings. The molecule has 0 aromatic heterocycles. The molecule has 21 heavy (non-hydrogen) atoms. The van der Waals surface area contributed by atoms with Crippen molar-refractivity contribution in [3.05, 3.63) is 71.3 Å². The van der Waals surface area contributed by atoms with Gasteiger partial charge in [-0.15, -0.1) is 0 Å². The monoisotopic (exact) mass is 291 g/mol. The fourth-order valence-electron chi connectivity index (χ4n) is 1.93. The van der Waals surface area contributed by atoms with E-state index in [4.69, 9.17) is 0 Å². The van der Waals surface area contributed by atoms with Gasteiger partial charge >= 0.3 is 0 Å². The Balaban J connectivity index is 1.88. The zero-order valence-electron chi connectivity index (χ0n) is 11.2. The van der Waals surface area contributed by atoms with Gasteiger partial charge in [-0.2, -0.15) is 0 Å². The highest BCUT2D eigenvalue weighted by atomic mass is 19.1. The lowest BCUT2D eigenvalue weighted by atomic mass is 10.1. The Morgan fingerprint density at radius 2 is 1.86 bits per heavy atom. The molecule has 1 atom stereocenters. The lowest BCUT2D eigenvalue weighted by molar-refractivity contribution is 0.0938. The zero-order valence-corrected chi connectivity index (χ0v) is 11.2. The number of hydrogen-bond acceptors (Lipinski definition) is 2. The van der Waals surface area contributed by atoms with E-state index in [-0.39, 0.29) is 18.5 Å². The predicted molar refractivity (Wildman–Crippen MR) is 74.7 cm³/mol. The second-order valence-corrected chi connectivity index (χ2v) is 4.60. The van der Waals surface area contributed by atoms with E-state index in [1.165, 1.54) is 0 Å². The van der Waals surface area contributed by atoms with E-state index in [1.54, 1.807) is 24.3 Å². The molecular weight excluding hydrogens is 276 g/mol. The summed E-state index contributed by atoms with van der Waals surface area (Å²) in [5.41, 5.74) is 0.396. The maximum atomic E-state index is 13.4. The van der Waals surface area contributed by atoms with Gasteiger partial charge in [-0.3, -0.25) is 4.79 Å². The van der Waals surface area contributed by atoms with Gasteiger partial charge in [-0.05, 0) is 30.2 Å². The molecule has 2 aromatic carbocycles. The number of halogens is 2. The highest BCUT2D eigenvalue weighted by Crippen LogP contribution is 2.15. The Morgan fingerprint density at radius 3 is 2.57 bits per heavy atom. The van der Waals surface area contributed by atoms with Gasteiger partial charge in [0.15, 0.2) is 0 Å². The van der Waals surface area contributed by atoms with Crippen LogP contribution in [0.3, 0.4) is 0 Å². The molecule has 0 spiro atoms. The number of benzene rings is 2. The van der Waals surface area contributed by atoms with E-state index in [1.807, 2.05) is 6.07 Å². The number of hydrogen-bond donors (Lipinski definition) is 2. The molecule has 0 heterocycles. The first-order valence-electron chi connectivity index (χ1n) is 6.54. The summed E-state index contributed by atoms with van der Waals surface area (Å²) in [7, 11) is 0. The van der Waals surface area contributed by atoms with Crippen molar-refractivity contribution in [1.82, 2.24) is 5.32 Å². The van der Waals surface area contributed by atoms with Crippen LogP contribution in [0.25, 0.3) is 0 Å². The molecule has 2 aromatic rings. The molecular formula is C16H15F2NO2. The third-order valence-electron chi connectivity index (χ3n) is 3.06. The lowest BCUT2D eigenvalue weighted by Gasteiger charge is -2.11. The molecule has 0 saturated heterocycles. The second kappa shape index (κ2) is 6.95. The fourth-order valence-corrected chi connectivity index (χ4v) is 1.93. The van der Waals surface area contributed by atoms with Crippen LogP contribution in [0.1, 0.15) is 28.4 Å². The number of aliphatic hydroxyl groups is 1. The molecule has 0 radical (unpaired) electrons. The second-order valence-electron chi connectivity index (χ2n) is 4.60. The predicted octanol–water partition coefficient (Wildman–Crippen LogP) is 2.82. The third-order valence-corrected chi connectivity index (χ3v) is 3.06. The molecule has 1 amide bonds. The summed E-state index contributed by atoms with van der Waals surface area (Å²) >= 11 is 0. The van der Waals surface area contributed by atoms with Crippen LogP contribution in [0, 0.1) is 11.6 Å². The molecule has 0 aliphatic carbocycles. The van der Waals surface area contributed by atoms with E-state index in [0.29, 0.717) is 0 Å². The molecule has 2 rings (SSSR count). The Kier molecular flexibility index (Phi) is 5.00. The molecule has 5 heteroatoms. The Bertz CT molecular complexity index is 617. The molecule has 110 valence electrons. The first-order chi connectivity index (χ1) is 10.1. The summed E-state index contributed by atoms with van der Waals surface area (Å²) in [5.74, 6) is -2.16. The summed E-state index contributed by atoms with van der Waals surface area (Å²) < 4.78 is 26.4. The van der Waals surface area contributed by atoms with Gasteiger partial charge in [0, 0.05) is 6.54 Å². The van der Waals surface area contributed by atoms with Gasteiger partial charge in [0.2, 0.25) is 0 Å². The Labute approximate surface area is 121 Å². The first kappa shape index (κ1) is 15.1. The maximum absolute atomic E-state index is 13.4. The van der Waals surface area contributed by atoms with Crippen molar-refractivity contribution in [2.45, 2.75) is 12.5 Å². The minimum absolute atomic E-state index is 0.158. The van der Waals surface area contributed by atoms with Gasteiger partial charge < -0.3 is 10.4 Å². The third kappa shape index (κ3) is 4.10. The SMILES string of the molecule is O=C(NCCC(O)c1ccccc1)c1cc(F)ccc1F. The summed E-state index contributed by atoms with van der Waals surface area (Å²) in [6, 6.07) is 11.7. The van der Waals surface area contributed by atoms with Crippen molar-refractivity contribution in [3.63, 3.8) is 0 Å². The summed E-state index contributed by atoms with van der Waals surface area (Å²) in [6.45, 7) is 0.158. The van der Waals surface area contributed by atoms with Crippen molar-refractivity contribution in [2.75, 3.05) is 6.54 Å². The summed E-state index contributed by atoms with van der Waals surface area (Å²) in [4.78, 5) is 11.7. The van der Waals surface area contributed by atoms with Crippen molar-refractivity contribution in [1.29, 1.82) is 0 Å². The maximum Gasteiger partial charge on any atom is 0.254 e. The minimum atomic E-state index is -0.780. The van der Waals surface area contributed by atoms with Gasteiger partial charge in [-0.1, -0.05) is 30.3 Å². The van der Waals surface area contributed by atoms with E-state index in [0.717, 1.165) is 23.8 Å². The molecule has 0 bridgehead atoms. The van der Waals surface area contributed by atoms with Crippen molar-refractivity contribution in [3.8, 4) is 0 Å². The molecule has 3 nitrogen and oxygen atoms in total. The lowest BCUT2D eigenvalue weighted by Crippen LogP contribution is -2.26. The number of amides is 1. The average molecular weight is 291 g/mol. The van der Waals surface area contributed by atoms with E-state index < -0.39 is 23.6 Å². The average Bonchev–Trinajstić information content (AvgIpc) is 2.50. The number of rotatable bonds is 5. The topological polar surface area (TPSA) is 49.3 Å². The molecule has 2 N–H and O–H groups in total. The number of aliphatic hydroxyl groups excluding tert-OH is 1. The van der Waals surface area contributed by atoms with E-state index in [2.05, 4.69) is 5.32 Å². The van der Waals surface area contributed by atoms with Gasteiger partial charge in [0.05, 0.1) is 11.7 Å². The van der Waals surface area contributed by atoms with Crippen molar-refractivity contribution >= 4 is 5.91 Å².